The number of piperazine rings is 1. The van der Waals surface area contributed by atoms with Crippen molar-refractivity contribution in [1.29, 1.82) is 0 Å². The highest BCUT2D eigenvalue weighted by Crippen LogP contribution is 2.32. The molecule has 1 saturated heterocycles. The van der Waals surface area contributed by atoms with Crippen LogP contribution in [0.15, 0.2) is 66.9 Å². The quantitative estimate of drug-likeness (QED) is 0.431. The van der Waals surface area contributed by atoms with E-state index >= 15 is 0 Å². The zero-order valence-corrected chi connectivity index (χ0v) is 19.8. The minimum atomic E-state index is -0.308. The lowest BCUT2D eigenvalue weighted by atomic mass is 10.1. The van der Waals surface area contributed by atoms with E-state index in [1.165, 1.54) is 12.1 Å². The standard InChI is InChI=1S/C28H26FN5O2/c29-22-8-4-5-19(15-22)18-34-26-24(17-30-34)23(16-25(31-26)20-6-2-1-3-7-20)28(36)33-13-11-32(12-14-33)27(35)21-9-10-21/h1-8,15-17,21H,9-14,18H2. The molecule has 2 aromatic carbocycles. The van der Waals surface area contributed by atoms with E-state index in [2.05, 4.69) is 5.10 Å². The fourth-order valence-corrected chi connectivity index (χ4v) is 4.79. The van der Waals surface area contributed by atoms with Crippen LogP contribution in [0.5, 0.6) is 0 Å². The Morgan fingerprint density at radius 1 is 0.917 bits per heavy atom. The third-order valence-corrected chi connectivity index (χ3v) is 6.94. The Morgan fingerprint density at radius 3 is 2.39 bits per heavy atom. The molecule has 0 radical (unpaired) electrons. The Bertz CT molecular complexity index is 1440. The van der Waals surface area contributed by atoms with Gasteiger partial charge in [-0.1, -0.05) is 42.5 Å². The molecular formula is C28H26FN5O2. The smallest absolute Gasteiger partial charge is 0.254 e. The van der Waals surface area contributed by atoms with Crippen LogP contribution in [-0.2, 0) is 11.3 Å². The summed E-state index contributed by atoms with van der Waals surface area (Å²) in [6.45, 7) is 2.44. The molecule has 0 unspecified atom stereocenters. The molecule has 2 fully saturated rings. The summed E-state index contributed by atoms with van der Waals surface area (Å²) in [5, 5.41) is 5.17. The minimum absolute atomic E-state index is 0.0941. The summed E-state index contributed by atoms with van der Waals surface area (Å²) in [6, 6.07) is 17.9. The van der Waals surface area contributed by atoms with Crippen molar-refractivity contribution in [1.82, 2.24) is 24.6 Å². The first-order valence-electron chi connectivity index (χ1n) is 12.3. The van der Waals surface area contributed by atoms with Gasteiger partial charge in [0.15, 0.2) is 5.65 Å². The first-order chi connectivity index (χ1) is 17.6. The number of hydrogen-bond acceptors (Lipinski definition) is 4. The molecule has 2 aliphatic rings. The summed E-state index contributed by atoms with van der Waals surface area (Å²) >= 11 is 0. The van der Waals surface area contributed by atoms with Crippen LogP contribution < -0.4 is 0 Å². The second-order valence-electron chi connectivity index (χ2n) is 9.48. The van der Waals surface area contributed by atoms with Gasteiger partial charge in [0.2, 0.25) is 5.91 Å². The molecule has 6 rings (SSSR count). The Hall–Kier alpha value is -4.07. The second kappa shape index (κ2) is 9.18. The topological polar surface area (TPSA) is 71.3 Å². The summed E-state index contributed by atoms with van der Waals surface area (Å²) in [4.78, 5) is 34.7. The van der Waals surface area contributed by atoms with Crippen LogP contribution in [0.25, 0.3) is 22.3 Å². The molecule has 0 bridgehead atoms. The van der Waals surface area contributed by atoms with Crippen molar-refractivity contribution in [3.63, 3.8) is 0 Å². The van der Waals surface area contributed by atoms with Crippen molar-refractivity contribution >= 4 is 22.8 Å². The number of pyridine rings is 1. The van der Waals surface area contributed by atoms with E-state index in [9.17, 15) is 14.0 Å². The van der Waals surface area contributed by atoms with Gasteiger partial charge in [-0.3, -0.25) is 9.59 Å². The molecule has 182 valence electrons. The van der Waals surface area contributed by atoms with Crippen LogP contribution in [-0.4, -0.2) is 62.6 Å². The Kier molecular flexibility index (Phi) is 5.71. The van der Waals surface area contributed by atoms with E-state index in [1.807, 2.05) is 52.3 Å². The molecule has 0 spiro atoms. The number of carbonyl (C=O) groups is 2. The van der Waals surface area contributed by atoms with Crippen LogP contribution in [0.4, 0.5) is 4.39 Å². The van der Waals surface area contributed by atoms with Gasteiger partial charge in [-0.15, -0.1) is 0 Å². The van der Waals surface area contributed by atoms with Crippen LogP contribution >= 0.6 is 0 Å². The summed E-state index contributed by atoms with van der Waals surface area (Å²) in [5.41, 5.74) is 3.44. The van der Waals surface area contributed by atoms with Crippen LogP contribution in [0.1, 0.15) is 28.8 Å². The van der Waals surface area contributed by atoms with E-state index in [1.54, 1.807) is 16.9 Å². The molecule has 2 aromatic heterocycles. The number of hydrogen-bond donors (Lipinski definition) is 0. The molecule has 36 heavy (non-hydrogen) atoms. The lowest BCUT2D eigenvalue weighted by molar-refractivity contribution is -0.134. The summed E-state index contributed by atoms with van der Waals surface area (Å²) < 4.78 is 15.5. The largest absolute Gasteiger partial charge is 0.339 e. The molecule has 1 aliphatic heterocycles. The highest BCUT2D eigenvalue weighted by Gasteiger charge is 2.35. The van der Waals surface area contributed by atoms with E-state index in [4.69, 9.17) is 4.98 Å². The van der Waals surface area contributed by atoms with E-state index < -0.39 is 0 Å². The number of carbonyl (C=O) groups excluding carboxylic acids is 2. The predicted molar refractivity (Wildman–Crippen MR) is 134 cm³/mol. The van der Waals surface area contributed by atoms with Crippen molar-refractivity contribution in [3.05, 3.63) is 83.8 Å². The third-order valence-electron chi connectivity index (χ3n) is 6.94. The maximum Gasteiger partial charge on any atom is 0.254 e. The van der Waals surface area contributed by atoms with Crippen LogP contribution in [0.2, 0.25) is 0 Å². The Labute approximate surface area is 208 Å². The highest BCUT2D eigenvalue weighted by atomic mass is 19.1. The average Bonchev–Trinajstić information content (AvgIpc) is 3.69. The lowest BCUT2D eigenvalue weighted by Crippen LogP contribution is -2.51. The maximum absolute atomic E-state index is 13.8. The molecule has 3 heterocycles. The third kappa shape index (κ3) is 4.34. The first kappa shape index (κ1) is 22.4. The average molecular weight is 484 g/mol. The summed E-state index contributed by atoms with van der Waals surface area (Å²) in [7, 11) is 0. The second-order valence-corrected chi connectivity index (χ2v) is 9.48. The van der Waals surface area contributed by atoms with Crippen molar-refractivity contribution < 1.29 is 14.0 Å². The lowest BCUT2D eigenvalue weighted by Gasteiger charge is -2.35. The van der Waals surface area contributed by atoms with Gasteiger partial charge in [0, 0.05) is 37.7 Å². The number of nitrogens with zero attached hydrogens (tertiary/aromatic N) is 5. The molecule has 1 saturated carbocycles. The Balaban J connectivity index is 1.35. The number of rotatable bonds is 5. The zero-order valence-electron chi connectivity index (χ0n) is 19.8. The van der Waals surface area contributed by atoms with Crippen molar-refractivity contribution in [2.24, 2.45) is 5.92 Å². The van der Waals surface area contributed by atoms with Gasteiger partial charge in [0.05, 0.1) is 29.4 Å². The molecule has 4 aromatic rings. The fraction of sp³-hybridized carbons (Fsp3) is 0.286. The van der Waals surface area contributed by atoms with Gasteiger partial charge < -0.3 is 9.80 Å². The van der Waals surface area contributed by atoms with E-state index in [0.717, 1.165) is 24.0 Å². The number of fused-ring (bicyclic) bond motifs is 1. The molecule has 7 nitrogen and oxygen atoms in total. The van der Waals surface area contributed by atoms with Crippen molar-refractivity contribution in [2.45, 2.75) is 19.4 Å². The summed E-state index contributed by atoms with van der Waals surface area (Å²) in [5.74, 6) is 0.00306. The number of amides is 2. The SMILES string of the molecule is O=C(c1cc(-c2ccccc2)nc2c1cnn2Cc1cccc(F)c1)N1CCN(C(=O)C2CC2)CC1. The molecule has 1 aliphatic carbocycles. The number of benzene rings is 2. The van der Waals surface area contributed by atoms with E-state index in [0.29, 0.717) is 55.0 Å². The number of aromatic nitrogens is 3. The van der Waals surface area contributed by atoms with Gasteiger partial charge in [0.25, 0.3) is 5.91 Å². The zero-order chi connectivity index (χ0) is 24.6. The van der Waals surface area contributed by atoms with E-state index in [-0.39, 0.29) is 23.5 Å². The monoisotopic (exact) mass is 483 g/mol. The van der Waals surface area contributed by atoms with Gasteiger partial charge in [-0.25, -0.2) is 14.1 Å². The minimum Gasteiger partial charge on any atom is -0.339 e. The Morgan fingerprint density at radius 2 is 1.67 bits per heavy atom. The normalized spacial score (nSPS) is 15.9. The van der Waals surface area contributed by atoms with Gasteiger partial charge in [0.1, 0.15) is 5.82 Å². The summed E-state index contributed by atoms with van der Waals surface area (Å²) in [6.07, 6.45) is 3.63. The molecule has 8 heteroatoms. The van der Waals surface area contributed by atoms with Gasteiger partial charge in [-0.2, -0.15) is 5.10 Å². The molecular weight excluding hydrogens is 457 g/mol. The van der Waals surface area contributed by atoms with Gasteiger partial charge >= 0.3 is 0 Å². The predicted octanol–water partition coefficient (Wildman–Crippen LogP) is 3.98. The molecule has 0 N–H and O–H groups in total. The first-order valence-corrected chi connectivity index (χ1v) is 12.3. The maximum atomic E-state index is 13.8. The fourth-order valence-electron chi connectivity index (χ4n) is 4.79. The van der Waals surface area contributed by atoms with Crippen molar-refractivity contribution in [2.75, 3.05) is 26.2 Å². The highest BCUT2D eigenvalue weighted by molar-refractivity contribution is 6.06. The molecule has 0 atom stereocenters. The van der Waals surface area contributed by atoms with Crippen molar-refractivity contribution in [3.8, 4) is 11.3 Å². The number of halogens is 1. The van der Waals surface area contributed by atoms with Gasteiger partial charge in [-0.05, 0) is 36.6 Å². The van der Waals surface area contributed by atoms with Crippen LogP contribution in [0.3, 0.4) is 0 Å². The van der Waals surface area contributed by atoms with Crippen LogP contribution in [0, 0.1) is 11.7 Å². The molecule has 2 amide bonds.